The molecule has 0 spiro atoms. The highest BCUT2D eigenvalue weighted by Crippen LogP contribution is 2.64. The second kappa shape index (κ2) is 8.25. The summed E-state index contributed by atoms with van der Waals surface area (Å²) in [6, 6.07) is 0. The van der Waals surface area contributed by atoms with Gasteiger partial charge in [0.15, 0.2) is 0 Å². The second-order valence-electron chi connectivity index (χ2n) is 6.53. The van der Waals surface area contributed by atoms with Gasteiger partial charge in [-0.15, -0.1) is 5.10 Å². The quantitative estimate of drug-likeness (QED) is 0.413. The van der Waals surface area contributed by atoms with E-state index in [4.69, 9.17) is 5.11 Å². The van der Waals surface area contributed by atoms with E-state index < -0.39 is 72.9 Å². The van der Waals surface area contributed by atoms with Crippen molar-refractivity contribution in [2.24, 2.45) is 0 Å². The third kappa shape index (κ3) is 4.12. The molecule has 0 amide bonds. The van der Waals surface area contributed by atoms with E-state index in [1.165, 1.54) is 0 Å². The van der Waals surface area contributed by atoms with Crippen LogP contribution in [-0.2, 0) is 13.2 Å². The monoisotopic (exact) mass is 545 g/mol. The predicted molar refractivity (Wildman–Crippen MR) is 71.2 cm³/mol. The maximum Gasteiger partial charge on any atom is 0.460 e. The lowest BCUT2D eigenvalue weighted by atomic mass is 9.88. The summed E-state index contributed by atoms with van der Waals surface area (Å²) < 4.78 is 223. The molecule has 0 aliphatic rings. The Morgan fingerprint density at radius 3 is 1.35 bits per heavy atom. The van der Waals surface area contributed by atoms with E-state index in [1.807, 2.05) is 0 Å². The molecule has 0 atom stereocenters. The largest absolute Gasteiger partial charge is 0.460 e. The van der Waals surface area contributed by atoms with Crippen molar-refractivity contribution in [3.63, 3.8) is 0 Å². The van der Waals surface area contributed by atoms with E-state index in [9.17, 15) is 74.6 Å². The summed E-state index contributed by atoms with van der Waals surface area (Å²) in [7, 11) is 0. The molecule has 1 heterocycles. The normalized spacial score (nSPS) is 15.7. The van der Waals surface area contributed by atoms with Gasteiger partial charge in [0.05, 0.1) is 12.8 Å². The molecule has 34 heavy (non-hydrogen) atoms. The first-order valence-electron chi connectivity index (χ1n) is 7.97. The van der Waals surface area contributed by atoms with Gasteiger partial charge in [-0.1, -0.05) is 5.21 Å². The van der Waals surface area contributed by atoms with E-state index in [0.29, 0.717) is 6.20 Å². The van der Waals surface area contributed by atoms with E-state index in [2.05, 4.69) is 10.3 Å². The van der Waals surface area contributed by atoms with Gasteiger partial charge in [0.2, 0.25) is 0 Å². The van der Waals surface area contributed by atoms with Gasteiger partial charge in [-0.25, -0.2) is 0 Å². The molecule has 4 nitrogen and oxygen atoms in total. The van der Waals surface area contributed by atoms with Crippen molar-refractivity contribution in [3.8, 4) is 0 Å². The molecule has 1 rings (SSSR count). The summed E-state index contributed by atoms with van der Waals surface area (Å²) in [6.07, 6.45) is -9.92. The van der Waals surface area contributed by atoms with Crippen molar-refractivity contribution in [1.29, 1.82) is 0 Å². The Hall–Kier alpha value is -2.09. The van der Waals surface area contributed by atoms with Crippen molar-refractivity contribution < 1.29 is 79.7 Å². The van der Waals surface area contributed by atoms with Gasteiger partial charge in [-0.2, -0.15) is 74.6 Å². The fourth-order valence-corrected chi connectivity index (χ4v) is 2.13. The van der Waals surface area contributed by atoms with Crippen molar-refractivity contribution in [3.05, 3.63) is 11.9 Å². The molecular formula is C13H8F17N3O. The minimum atomic E-state index is -8.65. The fraction of sp³-hybridized carbons (Fsp3) is 0.846. The summed E-state index contributed by atoms with van der Waals surface area (Å²) >= 11 is 0. The van der Waals surface area contributed by atoms with E-state index >= 15 is 0 Å². The molecule has 21 heteroatoms. The average molecular weight is 545 g/mol. The minimum Gasteiger partial charge on any atom is -0.390 e. The van der Waals surface area contributed by atoms with Gasteiger partial charge in [-0.3, -0.25) is 4.68 Å². The second-order valence-corrected chi connectivity index (χ2v) is 6.53. The summed E-state index contributed by atoms with van der Waals surface area (Å²) in [5.74, 6) is -56.5. The van der Waals surface area contributed by atoms with E-state index in [0.717, 1.165) is 0 Å². The SMILES string of the molecule is OCc1cn(CCC(F)(F)C(F)(F)C(F)(F)C(F)(F)C(F)(F)C(F)(F)C(F)(F)C(F)(F)F)nn1. The van der Waals surface area contributed by atoms with Crippen molar-refractivity contribution in [2.75, 3.05) is 0 Å². The molecule has 200 valence electrons. The van der Waals surface area contributed by atoms with Crippen LogP contribution in [-0.4, -0.2) is 67.7 Å². The third-order valence-electron chi connectivity index (χ3n) is 4.19. The zero-order valence-corrected chi connectivity index (χ0v) is 15.4. The number of aliphatic hydroxyl groups excluding tert-OH is 1. The van der Waals surface area contributed by atoms with Crippen LogP contribution in [0.2, 0.25) is 0 Å². The van der Waals surface area contributed by atoms with Crippen molar-refractivity contribution in [1.82, 2.24) is 15.0 Å². The highest BCUT2D eigenvalue weighted by atomic mass is 19.4. The first-order chi connectivity index (χ1) is 14.8. The molecule has 0 saturated carbocycles. The Balaban J connectivity index is 3.43. The number of aliphatic hydroxyl groups is 1. The van der Waals surface area contributed by atoms with Crippen LogP contribution in [0, 0.1) is 0 Å². The summed E-state index contributed by atoms with van der Waals surface area (Å²) in [6.45, 7) is -2.53. The average Bonchev–Trinajstić information content (AvgIpc) is 3.12. The van der Waals surface area contributed by atoms with Gasteiger partial charge in [0.25, 0.3) is 0 Å². The lowest BCUT2D eigenvalue weighted by Gasteiger charge is -2.42. The lowest BCUT2D eigenvalue weighted by molar-refractivity contribution is -0.461. The molecule has 0 fully saturated rings. The van der Waals surface area contributed by atoms with Crippen LogP contribution in [0.3, 0.4) is 0 Å². The molecule has 0 aliphatic carbocycles. The van der Waals surface area contributed by atoms with Gasteiger partial charge >= 0.3 is 47.6 Å². The minimum absolute atomic E-state index is 0.137. The van der Waals surface area contributed by atoms with Crippen LogP contribution < -0.4 is 0 Å². The molecule has 0 radical (unpaired) electrons. The van der Waals surface area contributed by atoms with Crippen molar-refractivity contribution in [2.45, 2.75) is 67.2 Å². The highest BCUT2D eigenvalue weighted by molar-refractivity contribution is 5.15. The number of hydrogen-bond donors (Lipinski definition) is 1. The Labute approximate surface area is 175 Å². The predicted octanol–water partition coefficient (Wildman–Crippen LogP) is 5.17. The Morgan fingerprint density at radius 1 is 0.618 bits per heavy atom. The van der Waals surface area contributed by atoms with Crippen LogP contribution in [0.1, 0.15) is 12.1 Å². The first kappa shape index (κ1) is 29.9. The molecule has 1 aromatic rings. The van der Waals surface area contributed by atoms with Crippen LogP contribution in [0.4, 0.5) is 74.6 Å². The molecular weight excluding hydrogens is 537 g/mol. The topological polar surface area (TPSA) is 50.9 Å². The number of rotatable bonds is 10. The molecule has 0 unspecified atom stereocenters. The zero-order chi connectivity index (χ0) is 27.4. The molecule has 0 bridgehead atoms. The fourth-order valence-electron chi connectivity index (χ4n) is 2.13. The van der Waals surface area contributed by atoms with Gasteiger partial charge in [-0.05, 0) is 0 Å². The van der Waals surface area contributed by atoms with Crippen LogP contribution in [0.5, 0.6) is 0 Å². The lowest BCUT2D eigenvalue weighted by Crippen LogP contribution is -2.74. The summed E-state index contributed by atoms with van der Waals surface area (Å²) in [5, 5.41) is 14.5. The number of hydrogen-bond acceptors (Lipinski definition) is 3. The van der Waals surface area contributed by atoms with Gasteiger partial charge in [0, 0.05) is 13.0 Å². The summed E-state index contributed by atoms with van der Waals surface area (Å²) in [5.41, 5.74) is -0.417. The summed E-state index contributed by atoms with van der Waals surface area (Å²) in [4.78, 5) is 0. The van der Waals surface area contributed by atoms with E-state index in [1.54, 1.807) is 0 Å². The van der Waals surface area contributed by atoms with Gasteiger partial charge in [0.1, 0.15) is 5.69 Å². The van der Waals surface area contributed by atoms with Crippen LogP contribution in [0.25, 0.3) is 0 Å². The highest BCUT2D eigenvalue weighted by Gasteiger charge is 2.95. The number of aromatic nitrogens is 3. The number of nitrogens with zero attached hydrogens (tertiary/aromatic N) is 3. The van der Waals surface area contributed by atoms with Crippen LogP contribution in [0.15, 0.2) is 6.20 Å². The molecule has 1 N–H and O–H groups in total. The Bertz CT molecular complexity index is 859. The Morgan fingerprint density at radius 2 is 1.00 bits per heavy atom. The first-order valence-corrected chi connectivity index (χ1v) is 7.97. The molecule has 0 aliphatic heterocycles. The number of halogens is 17. The van der Waals surface area contributed by atoms with E-state index in [-0.39, 0.29) is 4.68 Å². The number of alkyl halides is 17. The Kier molecular flexibility index (Phi) is 7.26. The molecule has 0 aromatic carbocycles. The van der Waals surface area contributed by atoms with Crippen LogP contribution >= 0.6 is 0 Å². The maximum absolute atomic E-state index is 13.7. The molecule has 1 aromatic heterocycles. The van der Waals surface area contributed by atoms with Crippen molar-refractivity contribution >= 4 is 0 Å². The number of aryl methyl sites for hydroxylation is 1. The zero-order valence-electron chi connectivity index (χ0n) is 15.4. The van der Waals surface area contributed by atoms with Gasteiger partial charge < -0.3 is 5.11 Å². The smallest absolute Gasteiger partial charge is 0.390 e. The third-order valence-corrected chi connectivity index (χ3v) is 4.19. The molecule has 0 saturated heterocycles. The maximum atomic E-state index is 13.7. The standard InChI is InChI=1S/C13H8F17N3O/c14-6(15,1-2-33-3-5(4-34)31-32-33)7(16,17)8(18,19)9(20,21)10(22,23)11(24,25)12(26,27)13(28,29)30/h3,34H,1-2,4H2.